The quantitative estimate of drug-likeness (QED) is 0.510. The van der Waals surface area contributed by atoms with Crippen molar-refractivity contribution < 1.29 is 4.79 Å². The summed E-state index contributed by atoms with van der Waals surface area (Å²) in [6.45, 7) is 2.03. The molecule has 0 aliphatic heterocycles. The minimum Gasteiger partial charge on any atom is -0.281 e. The molecule has 10 heavy (non-hydrogen) atoms. The van der Waals surface area contributed by atoms with Crippen LogP contribution in [0.2, 0.25) is 0 Å². The van der Waals surface area contributed by atoms with Crippen molar-refractivity contribution >= 4 is 40.0 Å². The highest BCUT2D eigenvalue weighted by Gasteiger charge is 1.90. The Kier molecular flexibility index (Phi) is 16.1. The van der Waals surface area contributed by atoms with E-state index in [1.165, 1.54) is 0 Å². The summed E-state index contributed by atoms with van der Waals surface area (Å²) in [5.41, 5.74) is 0. The number of hydrogen-bond donors (Lipinski definition) is 0. The van der Waals surface area contributed by atoms with Gasteiger partial charge in [-0.15, -0.1) is 23.2 Å². The van der Waals surface area contributed by atoms with Gasteiger partial charge in [0.2, 0.25) is 5.24 Å². The van der Waals surface area contributed by atoms with Crippen molar-refractivity contribution in [3.8, 4) is 0 Å². The summed E-state index contributed by atoms with van der Waals surface area (Å²) in [5.74, 6) is 0. The van der Waals surface area contributed by atoms with Crippen LogP contribution in [-0.4, -0.2) is 10.6 Å². The average Bonchev–Trinajstić information content (AvgIpc) is 1.85. The first-order chi connectivity index (χ1) is 4.68. The minimum atomic E-state index is -0.221. The van der Waals surface area contributed by atoms with E-state index >= 15 is 0 Å². The normalized spacial score (nSPS) is 8.00. The van der Waals surface area contributed by atoms with Crippen LogP contribution in [-0.2, 0) is 4.79 Å². The Hall–Kier alpha value is 0.540. The van der Waals surface area contributed by atoms with Gasteiger partial charge in [-0.2, -0.15) is 0 Å². The van der Waals surface area contributed by atoms with E-state index in [1.807, 2.05) is 6.92 Å². The van der Waals surface area contributed by atoms with Crippen LogP contribution in [0.5, 0.6) is 0 Å². The van der Waals surface area contributed by atoms with Gasteiger partial charge in [0.15, 0.2) is 0 Å². The zero-order valence-corrected chi connectivity index (χ0v) is 8.14. The third-order valence-electron chi connectivity index (χ3n) is 0.727. The molecule has 0 aromatic heterocycles. The molecule has 0 amide bonds. The molecule has 0 aliphatic rings. The highest BCUT2D eigenvalue weighted by Crippen LogP contribution is 1.96. The molecule has 0 aliphatic carbocycles. The first kappa shape index (κ1) is 13.2. The van der Waals surface area contributed by atoms with Gasteiger partial charge in [-0.3, -0.25) is 4.79 Å². The van der Waals surface area contributed by atoms with E-state index in [-0.39, 0.29) is 10.6 Å². The number of unbranched alkanes of at least 4 members (excludes halogenated alkanes) is 1. The molecule has 62 valence electrons. The van der Waals surface area contributed by atoms with E-state index in [0.29, 0.717) is 6.42 Å². The standard InChI is InChI=1S/C5H9ClO.CH2Cl2/c1-2-3-4-5(6)7;2-1-3/h2-4H2,1H3;1H2. The second-order valence-corrected chi connectivity index (χ2v) is 2.79. The van der Waals surface area contributed by atoms with Gasteiger partial charge >= 0.3 is 0 Å². The molecule has 0 aromatic carbocycles. The van der Waals surface area contributed by atoms with Crippen LogP contribution in [0.3, 0.4) is 0 Å². The third kappa shape index (κ3) is 23.6. The molecule has 0 saturated carbocycles. The van der Waals surface area contributed by atoms with E-state index in [9.17, 15) is 4.79 Å². The summed E-state index contributed by atoms with van der Waals surface area (Å²) >= 11 is 14.5. The molecule has 4 heteroatoms. The molecule has 0 atom stereocenters. The molecule has 0 aromatic rings. The number of carbonyl (C=O) groups is 1. The fourth-order valence-corrected chi connectivity index (χ4v) is 0.449. The number of halogens is 3. The van der Waals surface area contributed by atoms with Crippen molar-refractivity contribution in [3.63, 3.8) is 0 Å². The Morgan fingerprint density at radius 3 is 1.90 bits per heavy atom. The van der Waals surface area contributed by atoms with E-state index in [4.69, 9.17) is 34.8 Å². The van der Waals surface area contributed by atoms with Gasteiger partial charge in [0.05, 0.1) is 5.34 Å². The summed E-state index contributed by atoms with van der Waals surface area (Å²) in [6, 6.07) is 0. The van der Waals surface area contributed by atoms with Crippen LogP contribution in [0, 0.1) is 0 Å². The lowest BCUT2D eigenvalue weighted by Gasteiger charge is -1.84. The van der Waals surface area contributed by atoms with Gasteiger partial charge < -0.3 is 0 Å². The molecular weight excluding hydrogens is 194 g/mol. The molecule has 0 saturated heterocycles. The highest BCUT2D eigenvalue weighted by molar-refractivity contribution is 6.63. The van der Waals surface area contributed by atoms with Crippen molar-refractivity contribution in [1.82, 2.24) is 0 Å². The van der Waals surface area contributed by atoms with E-state index in [2.05, 4.69) is 0 Å². The SMILES string of the molecule is CCCCC(=O)Cl.ClCCl. The maximum absolute atomic E-state index is 9.97. The van der Waals surface area contributed by atoms with Gasteiger partial charge in [0.1, 0.15) is 0 Å². The molecular formula is C6H11Cl3O. The number of carbonyl (C=O) groups excluding carboxylic acids is 1. The second kappa shape index (κ2) is 12.2. The van der Waals surface area contributed by atoms with Crippen LogP contribution >= 0.6 is 34.8 Å². The Balaban J connectivity index is 0. The Labute approximate surface area is 76.6 Å². The van der Waals surface area contributed by atoms with Crippen molar-refractivity contribution in [2.45, 2.75) is 26.2 Å². The second-order valence-electron chi connectivity index (χ2n) is 1.56. The van der Waals surface area contributed by atoms with E-state index in [1.54, 1.807) is 0 Å². The van der Waals surface area contributed by atoms with Crippen molar-refractivity contribution in [1.29, 1.82) is 0 Å². The van der Waals surface area contributed by atoms with E-state index in [0.717, 1.165) is 12.8 Å². The van der Waals surface area contributed by atoms with Gasteiger partial charge in [0.25, 0.3) is 0 Å². The first-order valence-electron chi connectivity index (χ1n) is 2.99. The third-order valence-corrected chi connectivity index (χ3v) is 0.916. The first-order valence-corrected chi connectivity index (χ1v) is 4.44. The predicted octanol–water partition coefficient (Wildman–Crippen LogP) is 3.36. The summed E-state index contributed by atoms with van der Waals surface area (Å²) < 4.78 is 0. The molecule has 0 unspecified atom stereocenters. The minimum absolute atomic E-state index is 0.194. The molecule has 0 radical (unpaired) electrons. The zero-order valence-electron chi connectivity index (χ0n) is 5.87. The lowest BCUT2D eigenvalue weighted by molar-refractivity contribution is -0.111. The zero-order chi connectivity index (χ0) is 8.41. The Morgan fingerprint density at radius 1 is 1.40 bits per heavy atom. The number of hydrogen-bond acceptors (Lipinski definition) is 1. The molecule has 0 spiro atoms. The van der Waals surface area contributed by atoms with Gasteiger partial charge in [0, 0.05) is 6.42 Å². The summed E-state index contributed by atoms with van der Waals surface area (Å²) in [5, 5.41) is -0.0261. The smallest absolute Gasteiger partial charge is 0.221 e. The van der Waals surface area contributed by atoms with Crippen molar-refractivity contribution in [2.24, 2.45) is 0 Å². The maximum Gasteiger partial charge on any atom is 0.221 e. The predicted molar refractivity (Wildman–Crippen MR) is 47.0 cm³/mol. The summed E-state index contributed by atoms with van der Waals surface area (Å²) in [4.78, 5) is 9.97. The Morgan fingerprint density at radius 2 is 1.80 bits per heavy atom. The van der Waals surface area contributed by atoms with Crippen LogP contribution in [0.4, 0.5) is 0 Å². The monoisotopic (exact) mass is 204 g/mol. The van der Waals surface area contributed by atoms with Crippen LogP contribution in [0.1, 0.15) is 26.2 Å². The fraction of sp³-hybridized carbons (Fsp3) is 0.833. The Bertz CT molecular complexity index is 75.4. The average molecular weight is 206 g/mol. The van der Waals surface area contributed by atoms with Gasteiger partial charge in [-0.1, -0.05) is 13.3 Å². The van der Waals surface area contributed by atoms with Crippen LogP contribution < -0.4 is 0 Å². The van der Waals surface area contributed by atoms with Crippen molar-refractivity contribution in [2.75, 3.05) is 5.34 Å². The number of alkyl halides is 2. The lowest BCUT2D eigenvalue weighted by Crippen LogP contribution is -1.82. The topological polar surface area (TPSA) is 17.1 Å². The van der Waals surface area contributed by atoms with Crippen molar-refractivity contribution in [3.05, 3.63) is 0 Å². The summed E-state index contributed by atoms with van der Waals surface area (Å²) in [6.07, 6.45) is 2.48. The lowest BCUT2D eigenvalue weighted by atomic mass is 10.3. The molecule has 0 rings (SSSR count). The largest absolute Gasteiger partial charge is 0.281 e. The maximum atomic E-state index is 9.97. The molecule has 0 N–H and O–H groups in total. The van der Waals surface area contributed by atoms with Crippen LogP contribution in [0.25, 0.3) is 0 Å². The molecule has 0 fully saturated rings. The fourth-order valence-electron chi connectivity index (χ4n) is 0.316. The molecule has 0 bridgehead atoms. The van der Waals surface area contributed by atoms with Gasteiger partial charge in [-0.05, 0) is 18.0 Å². The summed E-state index contributed by atoms with van der Waals surface area (Å²) in [7, 11) is 0. The molecule has 0 heterocycles. The molecule has 1 nitrogen and oxygen atoms in total. The van der Waals surface area contributed by atoms with Crippen LogP contribution in [0.15, 0.2) is 0 Å². The highest BCUT2D eigenvalue weighted by atomic mass is 35.5. The number of rotatable bonds is 3. The van der Waals surface area contributed by atoms with Gasteiger partial charge in [-0.25, -0.2) is 0 Å². The van der Waals surface area contributed by atoms with E-state index < -0.39 is 0 Å².